The van der Waals surface area contributed by atoms with Gasteiger partial charge in [-0.05, 0) is 30.1 Å². The molecule has 0 aliphatic heterocycles. The zero-order chi connectivity index (χ0) is 12.3. The van der Waals surface area contributed by atoms with Gasteiger partial charge < -0.3 is 5.32 Å². The fourth-order valence-corrected chi connectivity index (χ4v) is 1.91. The van der Waals surface area contributed by atoms with Gasteiger partial charge in [-0.2, -0.15) is 0 Å². The number of hydrogen-bond acceptors (Lipinski definition) is 6. The Kier molecular flexibility index (Phi) is 3.60. The summed E-state index contributed by atoms with van der Waals surface area (Å²) in [5, 5.41) is 14.1. The van der Waals surface area contributed by atoms with E-state index in [1.165, 1.54) is 0 Å². The highest BCUT2D eigenvalue weighted by Gasteiger charge is 2.15. The van der Waals surface area contributed by atoms with Gasteiger partial charge in [0.25, 0.3) is 5.91 Å². The summed E-state index contributed by atoms with van der Waals surface area (Å²) in [6.07, 6.45) is 0.658. The zero-order valence-corrected chi connectivity index (χ0v) is 10.4. The molecule has 1 N–H and O–H groups in total. The molecule has 0 aromatic carbocycles. The summed E-state index contributed by atoms with van der Waals surface area (Å²) in [6.45, 7) is 1.91. The van der Waals surface area contributed by atoms with Crippen LogP contribution < -0.4 is 5.32 Å². The molecule has 6 nitrogen and oxygen atoms in total. The first-order chi connectivity index (χ1) is 8.20. The summed E-state index contributed by atoms with van der Waals surface area (Å²) in [5.41, 5.74) is 0.675. The first-order valence-corrected chi connectivity index (χ1v) is 5.97. The lowest BCUT2D eigenvalue weighted by Gasteiger charge is -2.01. The topological polar surface area (TPSA) is 80.7 Å². The predicted octanol–water partition coefficient (Wildman–Crippen LogP) is 1.80. The van der Waals surface area contributed by atoms with E-state index in [-0.39, 0.29) is 11.1 Å². The normalized spacial score (nSPS) is 10.2. The van der Waals surface area contributed by atoms with Gasteiger partial charge in [-0.15, -0.1) is 15.3 Å². The van der Waals surface area contributed by atoms with Crippen molar-refractivity contribution in [2.45, 2.75) is 13.3 Å². The van der Waals surface area contributed by atoms with Crippen molar-refractivity contribution < 1.29 is 4.79 Å². The van der Waals surface area contributed by atoms with Gasteiger partial charge in [-0.3, -0.25) is 4.79 Å². The number of carbonyl (C=O) groups excluding carboxylic acids is 1. The van der Waals surface area contributed by atoms with Gasteiger partial charge in [0.15, 0.2) is 11.0 Å². The second-order valence-corrected chi connectivity index (χ2v) is 4.24. The molecule has 88 valence electrons. The minimum Gasteiger partial charge on any atom is -0.304 e. The highest BCUT2D eigenvalue weighted by molar-refractivity contribution is 7.08. The van der Waals surface area contributed by atoms with Gasteiger partial charge in [-0.1, -0.05) is 23.0 Å². The van der Waals surface area contributed by atoms with E-state index in [9.17, 15) is 4.79 Å². The Morgan fingerprint density at radius 3 is 2.88 bits per heavy atom. The van der Waals surface area contributed by atoms with Crippen molar-refractivity contribution in [1.29, 1.82) is 0 Å². The number of aryl methyl sites for hydroxylation is 1. The van der Waals surface area contributed by atoms with Gasteiger partial charge >= 0.3 is 0 Å². The number of amides is 1. The number of carbonyl (C=O) groups is 1. The van der Waals surface area contributed by atoms with Crippen LogP contribution in [0.2, 0.25) is 5.15 Å². The Bertz CT molecular complexity index is 526. The molecule has 0 bridgehead atoms. The molecule has 0 aliphatic rings. The number of anilines is 1. The summed E-state index contributed by atoms with van der Waals surface area (Å²) >= 11 is 6.65. The SMILES string of the molecule is CCc1nnsc1C(=O)Nc1ccc(Cl)nn1. The fourth-order valence-electron chi connectivity index (χ4n) is 1.17. The Labute approximate surface area is 106 Å². The van der Waals surface area contributed by atoms with Crippen LogP contribution in [-0.4, -0.2) is 25.7 Å². The molecule has 2 heterocycles. The van der Waals surface area contributed by atoms with Gasteiger partial charge in [0, 0.05) is 0 Å². The highest BCUT2D eigenvalue weighted by Crippen LogP contribution is 2.14. The third kappa shape index (κ3) is 2.75. The highest BCUT2D eigenvalue weighted by atomic mass is 35.5. The lowest BCUT2D eigenvalue weighted by Crippen LogP contribution is -2.13. The van der Waals surface area contributed by atoms with Gasteiger partial charge in [-0.25, -0.2) is 0 Å². The van der Waals surface area contributed by atoms with Crippen molar-refractivity contribution in [3.05, 3.63) is 27.9 Å². The fraction of sp³-hybridized carbons (Fsp3) is 0.222. The van der Waals surface area contributed by atoms with Crippen molar-refractivity contribution >= 4 is 34.9 Å². The molecule has 0 spiro atoms. The Morgan fingerprint density at radius 2 is 2.24 bits per heavy atom. The molecule has 17 heavy (non-hydrogen) atoms. The molecular weight excluding hydrogens is 262 g/mol. The average molecular weight is 270 g/mol. The van der Waals surface area contributed by atoms with Crippen LogP contribution in [0.4, 0.5) is 5.82 Å². The maximum Gasteiger partial charge on any atom is 0.270 e. The van der Waals surface area contributed by atoms with Crippen molar-refractivity contribution in [2.24, 2.45) is 0 Å². The molecule has 0 aliphatic carbocycles. The lowest BCUT2D eigenvalue weighted by atomic mass is 10.3. The van der Waals surface area contributed by atoms with E-state index in [0.717, 1.165) is 11.5 Å². The Balaban J connectivity index is 2.14. The molecule has 2 rings (SSSR count). The number of aromatic nitrogens is 4. The number of nitrogens with one attached hydrogen (secondary N) is 1. The maximum absolute atomic E-state index is 11.9. The molecule has 2 aromatic rings. The van der Waals surface area contributed by atoms with Crippen molar-refractivity contribution in [2.75, 3.05) is 5.32 Å². The molecule has 0 saturated carbocycles. The first kappa shape index (κ1) is 11.9. The van der Waals surface area contributed by atoms with Gasteiger partial charge in [0.2, 0.25) is 0 Å². The van der Waals surface area contributed by atoms with E-state index in [1.54, 1.807) is 12.1 Å². The molecule has 0 radical (unpaired) electrons. The minimum absolute atomic E-state index is 0.275. The first-order valence-electron chi connectivity index (χ1n) is 4.82. The predicted molar refractivity (Wildman–Crippen MR) is 64.3 cm³/mol. The summed E-state index contributed by atoms with van der Waals surface area (Å²) in [6, 6.07) is 3.13. The van der Waals surface area contributed by atoms with Crippen molar-refractivity contribution in [3.63, 3.8) is 0 Å². The molecule has 1 amide bonds. The summed E-state index contributed by atoms with van der Waals surface area (Å²) in [5.74, 6) is 0.0586. The summed E-state index contributed by atoms with van der Waals surface area (Å²) in [7, 11) is 0. The monoisotopic (exact) mass is 269 g/mol. The van der Waals surface area contributed by atoms with Gasteiger partial charge in [0.1, 0.15) is 4.88 Å². The van der Waals surface area contributed by atoms with E-state index >= 15 is 0 Å². The molecule has 0 atom stereocenters. The largest absolute Gasteiger partial charge is 0.304 e. The Morgan fingerprint density at radius 1 is 1.41 bits per heavy atom. The second kappa shape index (κ2) is 5.15. The standard InChI is InChI=1S/C9H8ClN5OS/c1-2-5-8(17-15-12-5)9(16)11-7-4-3-6(10)13-14-7/h3-4H,2H2,1H3,(H,11,14,16). The smallest absolute Gasteiger partial charge is 0.270 e. The number of halogens is 1. The number of rotatable bonds is 3. The van der Waals surface area contributed by atoms with Crippen LogP contribution in [0.1, 0.15) is 22.3 Å². The molecule has 8 heteroatoms. The molecular formula is C9H8ClN5OS. The van der Waals surface area contributed by atoms with Crippen LogP contribution in [0.15, 0.2) is 12.1 Å². The third-order valence-electron chi connectivity index (χ3n) is 1.97. The summed E-state index contributed by atoms with van der Waals surface area (Å²) in [4.78, 5) is 12.3. The molecule has 0 unspecified atom stereocenters. The summed E-state index contributed by atoms with van der Waals surface area (Å²) < 4.78 is 3.74. The number of hydrogen-bond donors (Lipinski definition) is 1. The zero-order valence-electron chi connectivity index (χ0n) is 8.85. The van der Waals surface area contributed by atoms with Crippen LogP contribution >= 0.6 is 23.1 Å². The quantitative estimate of drug-likeness (QED) is 0.919. The van der Waals surface area contributed by atoms with E-state index < -0.39 is 0 Å². The third-order valence-corrected chi connectivity index (χ3v) is 2.94. The van der Waals surface area contributed by atoms with E-state index in [0.29, 0.717) is 22.8 Å². The van der Waals surface area contributed by atoms with Crippen LogP contribution in [0.5, 0.6) is 0 Å². The molecule has 2 aromatic heterocycles. The lowest BCUT2D eigenvalue weighted by molar-refractivity contribution is 0.102. The van der Waals surface area contributed by atoms with E-state index in [2.05, 4.69) is 25.1 Å². The van der Waals surface area contributed by atoms with Crippen LogP contribution in [-0.2, 0) is 6.42 Å². The average Bonchev–Trinajstić information content (AvgIpc) is 2.80. The maximum atomic E-state index is 11.9. The van der Waals surface area contributed by atoms with E-state index in [4.69, 9.17) is 11.6 Å². The second-order valence-electron chi connectivity index (χ2n) is 3.10. The number of nitrogens with zero attached hydrogens (tertiary/aromatic N) is 4. The minimum atomic E-state index is -0.284. The molecule has 0 saturated heterocycles. The van der Waals surface area contributed by atoms with E-state index in [1.807, 2.05) is 6.92 Å². The van der Waals surface area contributed by atoms with Crippen molar-refractivity contribution in [3.8, 4) is 0 Å². The molecule has 0 fully saturated rings. The van der Waals surface area contributed by atoms with Crippen LogP contribution in [0.25, 0.3) is 0 Å². The van der Waals surface area contributed by atoms with Crippen molar-refractivity contribution in [1.82, 2.24) is 19.8 Å². The van der Waals surface area contributed by atoms with Crippen LogP contribution in [0.3, 0.4) is 0 Å². The van der Waals surface area contributed by atoms with Gasteiger partial charge in [0.05, 0.1) is 5.69 Å². The van der Waals surface area contributed by atoms with Crippen LogP contribution in [0, 0.1) is 0 Å². The Hall–Kier alpha value is -1.60.